The molecule has 0 amide bonds. The molecule has 4 nitrogen and oxygen atoms in total. The van der Waals surface area contributed by atoms with Gasteiger partial charge in [0.25, 0.3) is 0 Å². The molecule has 1 aromatic carbocycles. The van der Waals surface area contributed by atoms with Crippen molar-refractivity contribution >= 4 is 21.8 Å². The van der Waals surface area contributed by atoms with Crippen molar-refractivity contribution < 1.29 is 8.91 Å². The summed E-state index contributed by atoms with van der Waals surface area (Å²) in [4.78, 5) is 4.04. The van der Waals surface area contributed by atoms with Crippen LogP contribution in [-0.2, 0) is 0 Å². The van der Waals surface area contributed by atoms with Gasteiger partial charge in [0, 0.05) is 28.0 Å². The maximum absolute atomic E-state index is 13.5. The predicted octanol–water partition coefficient (Wildman–Crippen LogP) is 3.89. The first-order chi connectivity index (χ1) is 9.65. The Kier molecular flexibility index (Phi) is 3.23. The third-order valence-electron chi connectivity index (χ3n) is 2.80. The summed E-state index contributed by atoms with van der Waals surface area (Å²) >= 11 is 3.26. The van der Waals surface area contributed by atoms with Crippen LogP contribution in [0.25, 0.3) is 22.4 Å². The summed E-state index contributed by atoms with van der Waals surface area (Å²) in [7, 11) is 0. The lowest BCUT2D eigenvalue weighted by Crippen LogP contribution is -1.89. The fourth-order valence-corrected chi connectivity index (χ4v) is 2.45. The Balaban J connectivity index is 2.21. The molecular weight excluding hydrogens is 325 g/mol. The Morgan fingerprint density at radius 2 is 2.05 bits per heavy atom. The van der Waals surface area contributed by atoms with Gasteiger partial charge in [-0.05, 0) is 24.3 Å². The zero-order chi connectivity index (χ0) is 14.1. The molecule has 0 saturated carbocycles. The summed E-state index contributed by atoms with van der Waals surface area (Å²) in [6.07, 6.45) is 3.31. The van der Waals surface area contributed by atoms with E-state index in [9.17, 15) is 4.39 Å². The summed E-state index contributed by atoms with van der Waals surface area (Å²) in [5, 5.41) is 3.93. The lowest BCUT2D eigenvalue weighted by Gasteiger charge is -2.03. The molecule has 0 atom stereocenters. The molecule has 2 N–H and O–H groups in total. The van der Waals surface area contributed by atoms with Gasteiger partial charge in [-0.15, -0.1) is 0 Å². The van der Waals surface area contributed by atoms with Gasteiger partial charge < -0.3 is 10.3 Å². The van der Waals surface area contributed by atoms with E-state index in [1.54, 1.807) is 24.5 Å². The topological polar surface area (TPSA) is 64.9 Å². The molecule has 100 valence electrons. The molecule has 0 aliphatic rings. The number of anilines is 1. The van der Waals surface area contributed by atoms with E-state index in [0.717, 1.165) is 5.56 Å². The molecule has 0 bridgehead atoms. The number of nitrogens with two attached hydrogens (primary N) is 1. The second-order valence-electron chi connectivity index (χ2n) is 4.17. The van der Waals surface area contributed by atoms with Gasteiger partial charge in [0.15, 0.2) is 0 Å². The van der Waals surface area contributed by atoms with Gasteiger partial charge in [0.05, 0.1) is 5.56 Å². The molecule has 2 heterocycles. The average molecular weight is 334 g/mol. The van der Waals surface area contributed by atoms with Crippen LogP contribution in [-0.4, -0.2) is 10.1 Å². The largest absolute Gasteiger partial charge is 0.367 e. The minimum Gasteiger partial charge on any atom is -0.367 e. The quantitative estimate of drug-likeness (QED) is 0.772. The van der Waals surface area contributed by atoms with Crippen molar-refractivity contribution in [1.82, 2.24) is 10.1 Å². The maximum Gasteiger partial charge on any atom is 0.230 e. The molecule has 3 aromatic rings. The van der Waals surface area contributed by atoms with E-state index in [1.165, 1.54) is 12.1 Å². The van der Waals surface area contributed by atoms with Gasteiger partial charge in [-0.2, -0.15) is 0 Å². The standard InChI is InChI=1S/C14H9BrFN3O/c15-10-4-9(5-11(16)6-10)13-12(14(17)20-19-13)8-2-1-3-18-7-8/h1-7H,17H2. The number of hydrogen-bond acceptors (Lipinski definition) is 4. The number of nitrogen functional groups attached to an aromatic ring is 1. The molecule has 0 saturated heterocycles. The van der Waals surface area contributed by atoms with Gasteiger partial charge >= 0.3 is 0 Å². The number of nitrogens with zero attached hydrogens (tertiary/aromatic N) is 2. The van der Waals surface area contributed by atoms with E-state index < -0.39 is 0 Å². The van der Waals surface area contributed by atoms with E-state index in [-0.39, 0.29) is 11.7 Å². The zero-order valence-corrected chi connectivity index (χ0v) is 11.8. The predicted molar refractivity (Wildman–Crippen MR) is 77.2 cm³/mol. The summed E-state index contributed by atoms with van der Waals surface area (Å²) < 4.78 is 19.2. The van der Waals surface area contributed by atoms with Crippen molar-refractivity contribution in [2.75, 3.05) is 5.73 Å². The van der Waals surface area contributed by atoms with Gasteiger partial charge in [-0.25, -0.2) is 4.39 Å². The number of benzene rings is 1. The molecule has 0 radical (unpaired) electrons. The van der Waals surface area contributed by atoms with Crippen LogP contribution in [0.3, 0.4) is 0 Å². The highest BCUT2D eigenvalue weighted by atomic mass is 79.9. The summed E-state index contributed by atoms with van der Waals surface area (Å²) in [5.74, 6) is -0.193. The highest BCUT2D eigenvalue weighted by Crippen LogP contribution is 2.36. The average Bonchev–Trinajstić information content (AvgIpc) is 2.80. The van der Waals surface area contributed by atoms with Crippen LogP contribution in [0.4, 0.5) is 10.3 Å². The summed E-state index contributed by atoms with van der Waals surface area (Å²) in [5.41, 5.74) is 8.26. The van der Waals surface area contributed by atoms with Crippen LogP contribution >= 0.6 is 15.9 Å². The van der Waals surface area contributed by atoms with Crippen molar-refractivity contribution in [3.05, 3.63) is 53.0 Å². The van der Waals surface area contributed by atoms with Crippen molar-refractivity contribution in [3.63, 3.8) is 0 Å². The molecule has 20 heavy (non-hydrogen) atoms. The molecule has 0 spiro atoms. The minimum atomic E-state index is -0.368. The second-order valence-corrected chi connectivity index (χ2v) is 5.09. The number of hydrogen-bond donors (Lipinski definition) is 1. The van der Waals surface area contributed by atoms with Crippen molar-refractivity contribution in [3.8, 4) is 22.4 Å². The fraction of sp³-hybridized carbons (Fsp3) is 0. The number of rotatable bonds is 2. The van der Waals surface area contributed by atoms with Crippen molar-refractivity contribution in [2.45, 2.75) is 0 Å². The first-order valence-electron chi connectivity index (χ1n) is 5.77. The van der Waals surface area contributed by atoms with E-state index in [4.69, 9.17) is 10.3 Å². The van der Waals surface area contributed by atoms with Crippen LogP contribution in [0.5, 0.6) is 0 Å². The Hall–Kier alpha value is -2.21. The first-order valence-corrected chi connectivity index (χ1v) is 6.56. The van der Waals surface area contributed by atoms with Crippen LogP contribution in [0, 0.1) is 5.82 Å². The molecule has 6 heteroatoms. The summed E-state index contributed by atoms with van der Waals surface area (Å²) in [6.45, 7) is 0. The maximum atomic E-state index is 13.5. The fourth-order valence-electron chi connectivity index (χ4n) is 1.98. The third-order valence-corrected chi connectivity index (χ3v) is 3.26. The van der Waals surface area contributed by atoms with E-state index >= 15 is 0 Å². The Morgan fingerprint density at radius 1 is 1.20 bits per heavy atom. The smallest absolute Gasteiger partial charge is 0.230 e. The van der Waals surface area contributed by atoms with Crippen LogP contribution in [0.2, 0.25) is 0 Å². The van der Waals surface area contributed by atoms with Gasteiger partial charge in [-0.3, -0.25) is 4.98 Å². The highest BCUT2D eigenvalue weighted by Gasteiger charge is 2.18. The Labute approximate surface area is 122 Å². The Bertz CT molecular complexity index is 738. The normalized spacial score (nSPS) is 10.7. The molecule has 0 fully saturated rings. The van der Waals surface area contributed by atoms with Crippen LogP contribution < -0.4 is 5.73 Å². The number of halogens is 2. The molecule has 2 aromatic heterocycles. The molecule has 3 rings (SSSR count). The second kappa shape index (κ2) is 5.05. The number of pyridine rings is 1. The first kappa shape index (κ1) is 12.8. The molecule has 0 unspecified atom stereocenters. The van der Waals surface area contributed by atoms with Crippen molar-refractivity contribution in [2.24, 2.45) is 0 Å². The van der Waals surface area contributed by atoms with E-state index in [2.05, 4.69) is 26.1 Å². The molecule has 0 aliphatic carbocycles. The summed E-state index contributed by atoms with van der Waals surface area (Å²) in [6, 6.07) is 8.12. The monoisotopic (exact) mass is 333 g/mol. The van der Waals surface area contributed by atoms with Gasteiger partial charge in [-0.1, -0.05) is 27.2 Å². The Morgan fingerprint density at radius 3 is 2.75 bits per heavy atom. The number of aromatic nitrogens is 2. The zero-order valence-electron chi connectivity index (χ0n) is 10.2. The van der Waals surface area contributed by atoms with E-state index in [1.807, 2.05) is 6.07 Å². The highest BCUT2D eigenvalue weighted by molar-refractivity contribution is 9.10. The van der Waals surface area contributed by atoms with E-state index in [0.29, 0.717) is 21.3 Å². The lowest BCUT2D eigenvalue weighted by atomic mass is 10.0. The van der Waals surface area contributed by atoms with Crippen molar-refractivity contribution in [1.29, 1.82) is 0 Å². The van der Waals surface area contributed by atoms with Gasteiger partial charge in [0.1, 0.15) is 11.5 Å². The molecular formula is C14H9BrFN3O. The third kappa shape index (κ3) is 2.30. The van der Waals surface area contributed by atoms with Crippen LogP contribution in [0.15, 0.2) is 51.7 Å². The SMILES string of the molecule is Nc1onc(-c2cc(F)cc(Br)c2)c1-c1cccnc1. The lowest BCUT2D eigenvalue weighted by molar-refractivity contribution is 0.439. The van der Waals surface area contributed by atoms with Crippen LogP contribution in [0.1, 0.15) is 0 Å². The minimum absolute atomic E-state index is 0.174. The van der Waals surface area contributed by atoms with Gasteiger partial charge in [0.2, 0.25) is 5.88 Å². The molecule has 0 aliphatic heterocycles.